The summed E-state index contributed by atoms with van der Waals surface area (Å²) in [7, 11) is -2.98. The number of nitrogens with zero attached hydrogens (tertiary/aromatic N) is 2. The number of sulfone groups is 1. The fraction of sp³-hybridized carbons (Fsp3) is 0.765. The average molecular weight is 384 g/mol. The molecule has 1 saturated heterocycles. The summed E-state index contributed by atoms with van der Waals surface area (Å²) in [5, 5.41) is 7.75. The predicted octanol–water partition coefficient (Wildman–Crippen LogP) is 2.90. The van der Waals surface area contributed by atoms with Gasteiger partial charge in [0.1, 0.15) is 5.82 Å². The van der Waals surface area contributed by atoms with E-state index in [0.29, 0.717) is 18.8 Å². The van der Waals surface area contributed by atoms with Gasteiger partial charge in [-0.05, 0) is 25.2 Å². The van der Waals surface area contributed by atoms with E-state index in [9.17, 15) is 13.2 Å². The number of hydrogen-bond acceptors (Lipinski definition) is 5. The van der Waals surface area contributed by atoms with Crippen LogP contribution in [0.1, 0.15) is 62.2 Å². The van der Waals surface area contributed by atoms with Crippen LogP contribution in [-0.2, 0) is 26.1 Å². The largest absolute Gasteiger partial charge is 0.311 e. The molecule has 0 spiro atoms. The monoisotopic (exact) mass is 383 g/mol. The molecule has 1 atom stereocenters. The van der Waals surface area contributed by atoms with Gasteiger partial charge in [0.15, 0.2) is 9.84 Å². The van der Waals surface area contributed by atoms with Gasteiger partial charge in [0.2, 0.25) is 5.91 Å². The molecule has 2 aliphatic heterocycles. The van der Waals surface area contributed by atoms with E-state index >= 15 is 0 Å². The first kappa shape index (κ1) is 17.4. The van der Waals surface area contributed by atoms with Crippen molar-refractivity contribution in [3.05, 3.63) is 11.3 Å². The second-order valence-corrected chi connectivity index (χ2v) is 10.7. The predicted molar refractivity (Wildman–Crippen MR) is 99.4 cm³/mol. The highest BCUT2D eigenvalue weighted by molar-refractivity contribution is 7.98. The van der Waals surface area contributed by atoms with Crippen LogP contribution in [0.15, 0.2) is 0 Å². The van der Waals surface area contributed by atoms with E-state index in [4.69, 9.17) is 0 Å². The maximum atomic E-state index is 12.6. The molecule has 138 valence electrons. The molecule has 4 rings (SSSR count). The number of nitrogens with one attached hydrogen (secondary N) is 1. The Balaban J connectivity index is 1.52. The summed E-state index contributed by atoms with van der Waals surface area (Å²) in [6.07, 6.45) is 7.16. The van der Waals surface area contributed by atoms with Crippen molar-refractivity contribution in [3.8, 4) is 0 Å². The van der Waals surface area contributed by atoms with E-state index in [2.05, 4.69) is 10.4 Å². The third kappa shape index (κ3) is 3.74. The highest BCUT2D eigenvalue weighted by Crippen LogP contribution is 2.38. The molecular formula is C17H25N3O3S2. The van der Waals surface area contributed by atoms with Gasteiger partial charge in [-0.15, -0.1) is 0 Å². The van der Waals surface area contributed by atoms with E-state index < -0.39 is 9.84 Å². The van der Waals surface area contributed by atoms with Crippen molar-refractivity contribution in [2.45, 2.75) is 62.5 Å². The molecular weight excluding hydrogens is 358 g/mol. The highest BCUT2D eigenvalue weighted by Gasteiger charge is 2.34. The summed E-state index contributed by atoms with van der Waals surface area (Å²) in [4.78, 5) is 12.6. The number of aromatic nitrogens is 2. The van der Waals surface area contributed by atoms with E-state index in [1.807, 2.05) is 0 Å². The molecule has 25 heavy (non-hydrogen) atoms. The summed E-state index contributed by atoms with van der Waals surface area (Å²) in [6, 6.07) is -0.148. The Hall–Kier alpha value is -1.02. The molecule has 0 bridgehead atoms. The van der Waals surface area contributed by atoms with Crippen LogP contribution in [0.4, 0.5) is 5.82 Å². The lowest BCUT2D eigenvalue weighted by Crippen LogP contribution is -2.22. The molecule has 1 amide bonds. The van der Waals surface area contributed by atoms with Gasteiger partial charge in [0.05, 0.1) is 23.2 Å². The molecule has 1 aliphatic carbocycles. The van der Waals surface area contributed by atoms with Crippen molar-refractivity contribution in [2.75, 3.05) is 16.8 Å². The van der Waals surface area contributed by atoms with Crippen molar-refractivity contribution in [1.82, 2.24) is 9.78 Å². The second-order valence-electron chi connectivity index (χ2n) is 7.52. The zero-order valence-corrected chi connectivity index (χ0v) is 16.0. The summed E-state index contributed by atoms with van der Waals surface area (Å²) in [6.45, 7) is 0. The molecule has 1 aromatic heterocycles. The number of thioether (sulfide) groups is 1. The molecule has 2 fully saturated rings. The topological polar surface area (TPSA) is 81.1 Å². The Kier molecular flexibility index (Phi) is 4.83. The van der Waals surface area contributed by atoms with Crippen molar-refractivity contribution < 1.29 is 13.2 Å². The maximum Gasteiger partial charge on any atom is 0.225 e. The maximum absolute atomic E-state index is 12.6. The van der Waals surface area contributed by atoms with Gasteiger partial charge in [-0.2, -0.15) is 16.9 Å². The van der Waals surface area contributed by atoms with Gasteiger partial charge in [0, 0.05) is 23.5 Å². The number of anilines is 1. The number of carbonyl (C=O) groups is 1. The first-order chi connectivity index (χ1) is 12.0. The van der Waals surface area contributed by atoms with Crippen molar-refractivity contribution >= 4 is 33.3 Å². The fourth-order valence-corrected chi connectivity index (χ4v) is 6.96. The Morgan fingerprint density at radius 3 is 2.72 bits per heavy atom. The van der Waals surface area contributed by atoms with Crippen LogP contribution in [0.5, 0.6) is 0 Å². The van der Waals surface area contributed by atoms with Gasteiger partial charge in [-0.25, -0.2) is 13.1 Å². The molecule has 3 aliphatic rings. The first-order valence-corrected chi connectivity index (χ1v) is 12.2. The van der Waals surface area contributed by atoms with Gasteiger partial charge in [-0.3, -0.25) is 4.79 Å². The summed E-state index contributed by atoms with van der Waals surface area (Å²) in [5.41, 5.74) is 2.09. The Bertz CT molecular complexity index is 766. The SMILES string of the molecule is O=C(CC1CCCCC1)Nc1c2c(nn1C1CCS(=O)(=O)C1)CSC2. The van der Waals surface area contributed by atoms with Crippen LogP contribution in [0, 0.1) is 5.92 Å². The number of rotatable bonds is 4. The normalized spacial score (nSPS) is 25.8. The van der Waals surface area contributed by atoms with Crippen LogP contribution < -0.4 is 5.32 Å². The molecule has 6 nitrogen and oxygen atoms in total. The lowest BCUT2D eigenvalue weighted by molar-refractivity contribution is -0.117. The summed E-state index contributed by atoms with van der Waals surface area (Å²) < 4.78 is 25.5. The number of fused-ring (bicyclic) bond motifs is 1. The van der Waals surface area contributed by atoms with Crippen LogP contribution in [0.2, 0.25) is 0 Å². The van der Waals surface area contributed by atoms with E-state index in [1.54, 1.807) is 16.4 Å². The lowest BCUT2D eigenvalue weighted by Gasteiger charge is -2.21. The van der Waals surface area contributed by atoms with Crippen LogP contribution in [0.25, 0.3) is 0 Å². The minimum atomic E-state index is -2.98. The van der Waals surface area contributed by atoms with Crippen LogP contribution in [-0.4, -0.2) is 35.6 Å². The highest BCUT2D eigenvalue weighted by atomic mass is 32.2. The van der Waals surface area contributed by atoms with Gasteiger partial charge < -0.3 is 5.32 Å². The first-order valence-electron chi connectivity index (χ1n) is 9.20. The van der Waals surface area contributed by atoms with E-state index in [1.165, 1.54) is 19.3 Å². The Morgan fingerprint density at radius 2 is 2.00 bits per heavy atom. The van der Waals surface area contributed by atoms with E-state index in [-0.39, 0.29) is 23.5 Å². The summed E-state index contributed by atoms with van der Waals surface area (Å²) in [5.74, 6) is 3.32. The number of amides is 1. The summed E-state index contributed by atoms with van der Waals surface area (Å²) >= 11 is 1.79. The van der Waals surface area contributed by atoms with Crippen molar-refractivity contribution in [1.29, 1.82) is 0 Å². The molecule has 1 saturated carbocycles. The smallest absolute Gasteiger partial charge is 0.225 e. The van der Waals surface area contributed by atoms with Crippen LogP contribution in [0.3, 0.4) is 0 Å². The zero-order chi connectivity index (χ0) is 17.4. The van der Waals surface area contributed by atoms with Crippen molar-refractivity contribution in [3.63, 3.8) is 0 Å². The Labute approximate surface area is 153 Å². The number of carbonyl (C=O) groups excluding carboxylic acids is 1. The Morgan fingerprint density at radius 1 is 1.20 bits per heavy atom. The van der Waals surface area contributed by atoms with Crippen molar-refractivity contribution in [2.24, 2.45) is 5.92 Å². The van der Waals surface area contributed by atoms with Gasteiger partial charge >= 0.3 is 0 Å². The minimum absolute atomic E-state index is 0.0496. The quantitative estimate of drug-likeness (QED) is 0.865. The average Bonchev–Trinajstić information content (AvgIpc) is 3.24. The van der Waals surface area contributed by atoms with E-state index in [0.717, 1.165) is 41.4 Å². The lowest BCUT2D eigenvalue weighted by atomic mass is 9.87. The molecule has 1 N–H and O–H groups in total. The zero-order valence-electron chi connectivity index (χ0n) is 14.4. The molecule has 1 aromatic rings. The van der Waals surface area contributed by atoms with Crippen LogP contribution >= 0.6 is 11.8 Å². The molecule has 0 radical (unpaired) electrons. The molecule has 8 heteroatoms. The molecule has 3 heterocycles. The fourth-order valence-electron chi connectivity index (χ4n) is 4.23. The third-order valence-corrected chi connectivity index (χ3v) is 8.31. The van der Waals surface area contributed by atoms with Gasteiger partial charge in [-0.1, -0.05) is 19.3 Å². The number of hydrogen-bond donors (Lipinski definition) is 1. The second kappa shape index (κ2) is 6.95. The minimum Gasteiger partial charge on any atom is -0.311 e. The standard InChI is InChI=1S/C17H25N3O3S2/c21-16(8-12-4-2-1-3-5-12)18-17-14-9-24-10-15(14)19-20(17)13-6-7-25(22,23)11-13/h12-13H,1-11H2,(H,18,21). The van der Waals surface area contributed by atoms with Gasteiger partial charge in [0.25, 0.3) is 0 Å². The molecule has 0 aromatic carbocycles. The third-order valence-electron chi connectivity index (χ3n) is 5.59. The molecule has 1 unspecified atom stereocenters.